The molecule has 0 saturated carbocycles. The van der Waals surface area contributed by atoms with Gasteiger partial charge in [0.05, 0.1) is 11.8 Å². The lowest BCUT2D eigenvalue weighted by Gasteiger charge is -2.34. The largest absolute Gasteiger partial charge is 0.489 e. The third-order valence-electron chi connectivity index (χ3n) is 5.61. The number of nitrogens with one attached hydrogen (secondary N) is 1. The van der Waals surface area contributed by atoms with Crippen LogP contribution in [0.1, 0.15) is 70.1 Å². The highest BCUT2D eigenvalue weighted by Gasteiger charge is 2.35. The van der Waals surface area contributed by atoms with Crippen molar-refractivity contribution < 1.29 is 27.4 Å². The number of carbonyl (C=O) groups excluding carboxylic acids is 1. The van der Waals surface area contributed by atoms with Gasteiger partial charge in [-0.3, -0.25) is 0 Å². The molecule has 1 amide bonds. The van der Waals surface area contributed by atoms with Gasteiger partial charge in [0.15, 0.2) is 0 Å². The molecule has 1 N–H and O–H groups in total. The van der Waals surface area contributed by atoms with Crippen LogP contribution in [0.4, 0.5) is 29.6 Å². The summed E-state index contributed by atoms with van der Waals surface area (Å²) in [6.07, 6.45) is -2.90. The number of hydrogen-bond acceptors (Lipinski definition) is 6. The van der Waals surface area contributed by atoms with Gasteiger partial charge in [-0.2, -0.15) is 13.2 Å². The number of ether oxygens (including phenoxy) is 2. The molecular formula is C25H32ClF3N4O3. The second kappa shape index (κ2) is 10.7. The molecule has 1 aliphatic heterocycles. The van der Waals surface area contributed by atoms with Gasteiger partial charge in [-0.1, -0.05) is 11.6 Å². The van der Waals surface area contributed by atoms with E-state index in [9.17, 15) is 18.0 Å². The van der Waals surface area contributed by atoms with Gasteiger partial charge in [0.25, 0.3) is 0 Å². The topological polar surface area (TPSA) is 76.6 Å². The van der Waals surface area contributed by atoms with Gasteiger partial charge < -0.3 is 19.7 Å². The third kappa shape index (κ3) is 7.15. The molecule has 7 nitrogen and oxygen atoms in total. The predicted molar refractivity (Wildman–Crippen MR) is 132 cm³/mol. The van der Waals surface area contributed by atoms with Gasteiger partial charge >= 0.3 is 12.3 Å². The first-order valence-corrected chi connectivity index (χ1v) is 12.2. The minimum absolute atomic E-state index is 0.0700. The highest BCUT2D eigenvalue weighted by molar-refractivity contribution is 6.30. The van der Waals surface area contributed by atoms with E-state index < -0.39 is 22.5 Å². The van der Waals surface area contributed by atoms with E-state index in [-0.39, 0.29) is 24.1 Å². The summed E-state index contributed by atoms with van der Waals surface area (Å²) in [5, 5.41) is 2.26. The van der Waals surface area contributed by atoms with Crippen molar-refractivity contribution in [1.29, 1.82) is 0 Å². The molecule has 0 spiro atoms. The average molecular weight is 529 g/mol. The van der Waals surface area contributed by atoms with Crippen LogP contribution in [-0.2, 0) is 10.9 Å². The molecule has 11 heteroatoms. The quantitative estimate of drug-likeness (QED) is 0.417. The Labute approximate surface area is 214 Å². The second-order valence-corrected chi connectivity index (χ2v) is 10.5. The summed E-state index contributed by atoms with van der Waals surface area (Å²) in [6, 6.07) is 3.80. The van der Waals surface area contributed by atoms with Crippen molar-refractivity contribution in [2.75, 3.05) is 18.4 Å². The lowest BCUT2D eigenvalue weighted by molar-refractivity contribution is -0.137. The van der Waals surface area contributed by atoms with Crippen LogP contribution in [-0.4, -0.2) is 45.8 Å². The third-order valence-corrected chi connectivity index (χ3v) is 5.90. The van der Waals surface area contributed by atoms with E-state index in [0.29, 0.717) is 30.7 Å². The van der Waals surface area contributed by atoms with Crippen molar-refractivity contribution in [3.8, 4) is 5.75 Å². The maximum Gasteiger partial charge on any atom is 0.420 e. The van der Waals surface area contributed by atoms with Gasteiger partial charge in [-0.05, 0) is 83.6 Å². The number of rotatable bonds is 5. The van der Waals surface area contributed by atoms with Gasteiger partial charge in [0, 0.05) is 19.3 Å². The summed E-state index contributed by atoms with van der Waals surface area (Å²) in [5.74, 6) is 0.670. The van der Waals surface area contributed by atoms with Crippen LogP contribution in [0.25, 0.3) is 0 Å². The number of likely N-dealkylation sites (tertiary alicyclic amines) is 1. The predicted octanol–water partition coefficient (Wildman–Crippen LogP) is 7.10. The standard InChI is InChI=1S/C25H32ClF3N4O3/c1-14(2)35-20-12-17(16-7-9-33(10-8-16)23(34)36-24(4,5)6)15(3)11-19(20)31-22-30-13-18(21(26)32-22)25(27,28)29/h11-14,16H,7-10H2,1-6H3,(H,30,31,32). The average Bonchev–Trinajstić information content (AvgIpc) is 2.73. The molecule has 1 aliphatic rings. The molecule has 2 heterocycles. The van der Waals surface area contributed by atoms with Crippen molar-refractivity contribution in [3.63, 3.8) is 0 Å². The Hall–Kier alpha value is -2.75. The molecule has 1 fully saturated rings. The summed E-state index contributed by atoms with van der Waals surface area (Å²) in [6.45, 7) is 12.4. The fourth-order valence-corrected chi connectivity index (χ4v) is 4.26. The lowest BCUT2D eigenvalue weighted by Crippen LogP contribution is -2.41. The van der Waals surface area contributed by atoms with Crippen LogP contribution in [0.15, 0.2) is 18.3 Å². The number of hydrogen-bond donors (Lipinski definition) is 1. The number of nitrogens with zero attached hydrogens (tertiary/aromatic N) is 3. The number of amides is 1. The Morgan fingerprint density at radius 3 is 2.36 bits per heavy atom. The Balaban J connectivity index is 1.81. The van der Waals surface area contributed by atoms with E-state index in [1.807, 2.05) is 53.7 Å². The Morgan fingerprint density at radius 2 is 1.83 bits per heavy atom. The van der Waals surface area contributed by atoms with Crippen molar-refractivity contribution in [2.45, 2.75) is 78.2 Å². The number of halogens is 4. The van der Waals surface area contributed by atoms with E-state index in [4.69, 9.17) is 21.1 Å². The van der Waals surface area contributed by atoms with E-state index >= 15 is 0 Å². The monoisotopic (exact) mass is 528 g/mol. The number of alkyl halides is 3. The SMILES string of the molecule is Cc1cc(Nc2ncc(C(F)(F)F)c(Cl)n2)c(OC(C)C)cc1C1CCN(C(=O)OC(C)(C)C)CC1. The number of anilines is 2. The molecule has 36 heavy (non-hydrogen) atoms. The van der Waals surface area contributed by atoms with E-state index in [2.05, 4.69) is 15.3 Å². The Bertz CT molecular complexity index is 1100. The molecule has 198 valence electrons. The first-order chi connectivity index (χ1) is 16.6. The highest BCUT2D eigenvalue weighted by Crippen LogP contribution is 2.39. The van der Waals surface area contributed by atoms with E-state index in [1.54, 1.807) is 4.90 Å². The molecule has 1 aromatic carbocycles. The molecule has 0 radical (unpaired) electrons. The minimum atomic E-state index is -4.64. The molecule has 2 aromatic rings. The van der Waals surface area contributed by atoms with Crippen molar-refractivity contribution in [3.05, 3.63) is 40.2 Å². The van der Waals surface area contributed by atoms with Crippen LogP contribution in [0.2, 0.25) is 5.15 Å². The van der Waals surface area contributed by atoms with E-state index in [0.717, 1.165) is 24.0 Å². The van der Waals surface area contributed by atoms with Crippen molar-refractivity contribution in [1.82, 2.24) is 14.9 Å². The maximum atomic E-state index is 13.0. The molecular weight excluding hydrogens is 497 g/mol. The van der Waals surface area contributed by atoms with E-state index in [1.165, 1.54) is 0 Å². The van der Waals surface area contributed by atoms with Gasteiger partial charge in [-0.15, -0.1) is 0 Å². The zero-order chi connectivity index (χ0) is 26.8. The van der Waals surface area contributed by atoms with Crippen LogP contribution in [0.3, 0.4) is 0 Å². The zero-order valence-corrected chi connectivity index (χ0v) is 22.0. The lowest BCUT2D eigenvalue weighted by atomic mass is 9.86. The fourth-order valence-electron chi connectivity index (χ4n) is 4.02. The van der Waals surface area contributed by atoms with Crippen LogP contribution in [0.5, 0.6) is 5.75 Å². The fraction of sp³-hybridized carbons (Fsp3) is 0.560. The molecule has 0 aliphatic carbocycles. The Kier molecular flexibility index (Phi) is 8.27. The number of piperidine rings is 1. The number of aromatic nitrogens is 2. The second-order valence-electron chi connectivity index (χ2n) is 10.1. The smallest absolute Gasteiger partial charge is 0.420 e. The first kappa shape index (κ1) is 27.8. The van der Waals surface area contributed by atoms with Gasteiger partial charge in [0.2, 0.25) is 5.95 Å². The summed E-state index contributed by atoms with van der Waals surface area (Å²) in [7, 11) is 0. The van der Waals surface area contributed by atoms with Crippen LogP contribution >= 0.6 is 11.6 Å². The highest BCUT2D eigenvalue weighted by atomic mass is 35.5. The minimum Gasteiger partial charge on any atom is -0.489 e. The summed E-state index contributed by atoms with van der Waals surface area (Å²) < 4.78 is 50.5. The molecule has 0 atom stereocenters. The maximum absolute atomic E-state index is 13.0. The summed E-state index contributed by atoms with van der Waals surface area (Å²) >= 11 is 5.75. The molecule has 0 bridgehead atoms. The normalized spacial score (nSPS) is 15.2. The molecule has 1 aromatic heterocycles. The molecule has 0 unspecified atom stereocenters. The number of carbonyl (C=O) groups is 1. The zero-order valence-electron chi connectivity index (χ0n) is 21.3. The molecule has 3 rings (SSSR count). The van der Waals surface area contributed by atoms with Crippen LogP contribution in [0, 0.1) is 6.92 Å². The summed E-state index contributed by atoms with van der Waals surface area (Å²) in [5.41, 5.74) is 0.940. The van der Waals surface area contributed by atoms with Gasteiger partial charge in [0.1, 0.15) is 22.1 Å². The van der Waals surface area contributed by atoms with Crippen molar-refractivity contribution in [2.24, 2.45) is 0 Å². The van der Waals surface area contributed by atoms with Crippen molar-refractivity contribution >= 4 is 29.3 Å². The first-order valence-electron chi connectivity index (χ1n) is 11.8. The number of benzene rings is 1. The summed E-state index contributed by atoms with van der Waals surface area (Å²) in [4.78, 5) is 21.7. The van der Waals surface area contributed by atoms with Gasteiger partial charge in [-0.25, -0.2) is 14.8 Å². The van der Waals surface area contributed by atoms with Crippen LogP contribution < -0.4 is 10.1 Å². The number of aryl methyl sites for hydroxylation is 1. The Morgan fingerprint density at radius 1 is 1.19 bits per heavy atom. The molecule has 1 saturated heterocycles.